The van der Waals surface area contributed by atoms with Crippen LogP contribution in [-0.2, 0) is 14.8 Å². The molecule has 2 saturated heterocycles. The highest BCUT2D eigenvalue weighted by Gasteiger charge is 2.31. The summed E-state index contributed by atoms with van der Waals surface area (Å²) in [5.41, 5.74) is 0. The van der Waals surface area contributed by atoms with Gasteiger partial charge in [-0.15, -0.1) is 0 Å². The van der Waals surface area contributed by atoms with Gasteiger partial charge in [-0.3, -0.25) is 4.90 Å². The van der Waals surface area contributed by atoms with E-state index in [2.05, 4.69) is 4.90 Å². The van der Waals surface area contributed by atoms with Gasteiger partial charge in [0.15, 0.2) is 0 Å². The second-order valence-electron chi connectivity index (χ2n) is 5.74. The summed E-state index contributed by atoms with van der Waals surface area (Å²) in [4.78, 5) is 2.56. The number of benzene rings is 1. The van der Waals surface area contributed by atoms with Gasteiger partial charge in [0.25, 0.3) is 0 Å². The number of hydrogen-bond donors (Lipinski definition) is 0. The molecule has 1 aromatic rings. The second kappa shape index (κ2) is 6.84. The maximum Gasteiger partial charge on any atom is 0.244 e. The summed E-state index contributed by atoms with van der Waals surface area (Å²) in [7, 11) is -3.52. The van der Waals surface area contributed by atoms with Crippen molar-refractivity contribution in [3.05, 3.63) is 29.3 Å². The van der Waals surface area contributed by atoms with Gasteiger partial charge in [-0.25, -0.2) is 8.42 Å². The Hall–Kier alpha value is -0.660. The first-order valence-electron chi connectivity index (χ1n) is 7.65. The molecule has 122 valence electrons. The minimum atomic E-state index is -3.52. The van der Waals surface area contributed by atoms with Crippen molar-refractivity contribution in [1.29, 1.82) is 0 Å². The zero-order valence-corrected chi connectivity index (χ0v) is 14.0. The van der Waals surface area contributed by atoms with Gasteiger partial charge in [-0.2, -0.15) is 4.31 Å². The highest BCUT2D eigenvalue weighted by Crippen LogP contribution is 2.25. The average Bonchev–Trinajstić information content (AvgIpc) is 2.91. The molecule has 0 saturated carbocycles. The quantitative estimate of drug-likeness (QED) is 0.839. The fourth-order valence-electron chi connectivity index (χ4n) is 3.12. The lowest BCUT2D eigenvalue weighted by Gasteiger charge is -2.26. The van der Waals surface area contributed by atoms with Crippen LogP contribution in [0.2, 0.25) is 5.02 Å². The van der Waals surface area contributed by atoms with E-state index in [0.717, 1.165) is 39.1 Å². The van der Waals surface area contributed by atoms with Gasteiger partial charge >= 0.3 is 0 Å². The molecule has 0 bridgehead atoms. The Morgan fingerprint density at radius 3 is 2.68 bits per heavy atom. The SMILES string of the molecule is O=S(=O)(c1ccccc1Cl)N1CCCN(C2CCOC2)CC1. The molecule has 3 rings (SSSR count). The van der Waals surface area contributed by atoms with Gasteiger partial charge in [0.1, 0.15) is 4.90 Å². The van der Waals surface area contributed by atoms with Crippen molar-refractivity contribution < 1.29 is 13.2 Å². The van der Waals surface area contributed by atoms with Crippen LogP contribution in [0.5, 0.6) is 0 Å². The first kappa shape index (κ1) is 16.2. The van der Waals surface area contributed by atoms with Crippen LogP contribution >= 0.6 is 11.6 Å². The van der Waals surface area contributed by atoms with E-state index in [-0.39, 0.29) is 9.92 Å². The van der Waals surface area contributed by atoms with Crippen molar-refractivity contribution in [3.8, 4) is 0 Å². The summed E-state index contributed by atoms with van der Waals surface area (Å²) in [5.74, 6) is 0. The van der Waals surface area contributed by atoms with Crippen LogP contribution in [0.1, 0.15) is 12.8 Å². The van der Waals surface area contributed by atoms with Gasteiger partial charge in [-0.05, 0) is 31.5 Å². The molecule has 0 aliphatic carbocycles. The van der Waals surface area contributed by atoms with Crippen molar-refractivity contribution in [3.63, 3.8) is 0 Å². The molecule has 0 spiro atoms. The first-order chi connectivity index (χ1) is 10.6. The molecular weight excluding hydrogens is 324 g/mol. The maximum absolute atomic E-state index is 12.8. The smallest absolute Gasteiger partial charge is 0.244 e. The van der Waals surface area contributed by atoms with Crippen molar-refractivity contribution in [2.45, 2.75) is 23.8 Å². The minimum absolute atomic E-state index is 0.203. The van der Waals surface area contributed by atoms with Gasteiger partial charge in [0.2, 0.25) is 10.0 Å². The van der Waals surface area contributed by atoms with E-state index >= 15 is 0 Å². The normalized spacial score (nSPS) is 25.2. The number of hydrogen-bond acceptors (Lipinski definition) is 4. The fourth-order valence-corrected chi connectivity index (χ4v) is 5.09. The van der Waals surface area contributed by atoms with Crippen molar-refractivity contribution in [2.75, 3.05) is 39.4 Å². The molecule has 7 heteroatoms. The molecule has 22 heavy (non-hydrogen) atoms. The zero-order valence-electron chi connectivity index (χ0n) is 12.4. The molecular formula is C15H21ClN2O3S. The molecule has 1 aromatic carbocycles. The number of nitrogens with zero attached hydrogens (tertiary/aromatic N) is 2. The lowest BCUT2D eigenvalue weighted by Crippen LogP contribution is -2.39. The van der Waals surface area contributed by atoms with E-state index in [1.807, 2.05) is 0 Å². The number of ether oxygens (including phenoxy) is 1. The fraction of sp³-hybridized carbons (Fsp3) is 0.600. The lowest BCUT2D eigenvalue weighted by atomic mass is 10.2. The summed E-state index contributed by atoms with van der Waals surface area (Å²) in [6.07, 6.45) is 1.87. The van der Waals surface area contributed by atoms with Crippen LogP contribution in [0.4, 0.5) is 0 Å². The molecule has 1 unspecified atom stereocenters. The molecule has 2 heterocycles. The van der Waals surface area contributed by atoms with Gasteiger partial charge < -0.3 is 4.74 Å². The van der Waals surface area contributed by atoms with Crippen LogP contribution in [0.3, 0.4) is 0 Å². The third kappa shape index (κ3) is 3.31. The highest BCUT2D eigenvalue weighted by molar-refractivity contribution is 7.89. The summed E-state index contributed by atoms with van der Waals surface area (Å²) in [6, 6.07) is 7.08. The minimum Gasteiger partial charge on any atom is -0.380 e. The molecule has 0 amide bonds. The Balaban J connectivity index is 1.74. The van der Waals surface area contributed by atoms with Crippen molar-refractivity contribution >= 4 is 21.6 Å². The topological polar surface area (TPSA) is 49.9 Å². The Morgan fingerprint density at radius 1 is 1.14 bits per heavy atom. The number of sulfonamides is 1. The Kier molecular flexibility index (Phi) is 5.04. The van der Waals surface area contributed by atoms with Crippen LogP contribution in [0.15, 0.2) is 29.2 Å². The number of halogens is 1. The molecule has 2 aliphatic heterocycles. The Labute approximate surface area is 136 Å². The number of rotatable bonds is 3. The van der Waals surface area contributed by atoms with Gasteiger partial charge in [-0.1, -0.05) is 23.7 Å². The summed E-state index contributed by atoms with van der Waals surface area (Å²) >= 11 is 6.07. The van der Waals surface area contributed by atoms with E-state index < -0.39 is 10.0 Å². The zero-order chi connectivity index (χ0) is 15.6. The predicted molar refractivity (Wildman–Crippen MR) is 85.6 cm³/mol. The molecule has 0 N–H and O–H groups in total. The van der Waals surface area contributed by atoms with Crippen LogP contribution in [0.25, 0.3) is 0 Å². The summed E-state index contributed by atoms with van der Waals surface area (Å²) in [5, 5.41) is 0.285. The van der Waals surface area contributed by atoms with E-state index in [1.54, 1.807) is 28.6 Å². The molecule has 0 aromatic heterocycles. The third-order valence-corrected chi connectivity index (χ3v) is 6.76. The monoisotopic (exact) mass is 344 g/mol. The summed E-state index contributed by atoms with van der Waals surface area (Å²) in [6.45, 7) is 4.28. The lowest BCUT2D eigenvalue weighted by molar-refractivity contribution is 0.147. The molecule has 1 atom stereocenters. The van der Waals surface area contributed by atoms with Gasteiger partial charge in [0.05, 0.1) is 11.6 Å². The predicted octanol–water partition coefficient (Wildman–Crippen LogP) is 1.83. The van der Waals surface area contributed by atoms with Crippen molar-refractivity contribution in [1.82, 2.24) is 9.21 Å². The molecule has 2 aliphatic rings. The second-order valence-corrected chi connectivity index (χ2v) is 8.06. The molecule has 0 radical (unpaired) electrons. The Bertz CT molecular complexity index is 617. The van der Waals surface area contributed by atoms with E-state index in [4.69, 9.17) is 16.3 Å². The summed E-state index contributed by atoms with van der Waals surface area (Å²) < 4.78 is 32.6. The van der Waals surface area contributed by atoms with E-state index in [9.17, 15) is 8.42 Å². The van der Waals surface area contributed by atoms with Crippen molar-refractivity contribution in [2.24, 2.45) is 0 Å². The Morgan fingerprint density at radius 2 is 1.95 bits per heavy atom. The van der Waals surface area contributed by atoms with Crippen LogP contribution < -0.4 is 0 Å². The van der Waals surface area contributed by atoms with E-state index in [1.165, 1.54) is 0 Å². The maximum atomic E-state index is 12.8. The first-order valence-corrected chi connectivity index (χ1v) is 9.47. The highest BCUT2D eigenvalue weighted by atomic mass is 35.5. The standard InChI is InChI=1S/C15H21ClN2O3S/c16-14-4-1-2-5-15(14)22(19,20)18-8-3-7-17(9-10-18)13-6-11-21-12-13/h1-2,4-5,13H,3,6-12H2. The average molecular weight is 345 g/mol. The largest absolute Gasteiger partial charge is 0.380 e. The van der Waals surface area contributed by atoms with Crippen LogP contribution in [0, 0.1) is 0 Å². The van der Waals surface area contributed by atoms with Gasteiger partial charge in [0, 0.05) is 32.3 Å². The molecule has 5 nitrogen and oxygen atoms in total. The van der Waals surface area contributed by atoms with Crippen LogP contribution in [-0.4, -0.2) is 63.1 Å². The third-order valence-electron chi connectivity index (χ3n) is 4.37. The molecule has 2 fully saturated rings. The van der Waals surface area contributed by atoms with E-state index in [0.29, 0.717) is 19.1 Å².